The van der Waals surface area contributed by atoms with Gasteiger partial charge in [-0.05, 0) is 12.1 Å². The molecule has 0 radical (unpaired) electrons. The van der Waals surface area contributed by atoms with E-state index in [0.717, 1.165) is 0 Å². The van der Waals surface area contributed by atoms with Crippen LogP contribution in [-0.2, 0) is 0 Å². The van der Waals surface area contributed by atoms with Crippen molar-refractivity contribution in [2.24, 2.45) is 0 Å². The number of H-pyrrole nitrogens is 2. The molecule has 17 heavy (non-hydrogen) atoms. The number of halogens is 2. The number of aromatic nitrogens is 2. The fraction of sp³-hybridized carbons (Fsp3) is 0.111. The second kappa shape index (κ2) is 2.84. The predicted octanol–water partition coefficient (Wildman–Crippen LogP) is 0.538. The van der Waals surface area contributed by atoms with Crippen LogP contribution in [0.2, 0.25) is 0 Å². The number of alkyl halides is 2. The summed E-state index contributed by atoms with van der Waals surface area (Å²) in [6.45, 7) is 0. The maximum atomic E-state index is 12.8. The maximum Gasteiger partial charge on any atom is 0.586 e. The molecule has 0 bridgehead atoms. The van der Waals surface area contributed by atoms with E-state index in [1.807, 2.05) is 4.98 Å². The summed E-state index contributed by atoms with van der Waals surface area (Å²) in [6.07, 6.45) is -3.80. The largest absolute Gasteiger partial charge is 0.586 e. The normalized spacial score (nSPS) is 16.4. The average molecular weight is 242 g/mol. The van der Waals surface area contributed by atoms with Crippen molar-refractivity contribution in [2.45, 2.75) is 6.29 Å². The molecule has 8 heteroatoms. The van der Waals surface area contributed by atoms with Crippen LogP contribution in [0.15, 0.2) is 21.7 Å². The number of fused-ring (bicyclic) bond motifs is 3. The molecule has 0 aliphatic carbocycles. The van der Waals surface area contributed by atoms with Gasteiger partial charge in [-0.25, -0.2) is 4.79 Å². The Labute approximate surface area is 90.8 Å². The molecule has 0 saturated carbocycles. The molecule has 1 aromatic carbocycles. The van der Waals surface area contributed by atoms with Gasteiger partial charge < -0.3 is 14.5 Å². The average Bonchev–Trinajstić information content (AvgIpc) is 2.52. The van der Waals surface area contributed by atoms with Crippen molar-refractivity contribution in [3.63, 3.8) is 0 Å². The van der Waals surface area contributed by atoms with Crippen molar-refractivity contribution in [3.05, 3.63) is 33.0 Å². The van der Waals surface area contributed by atoms with Crippen LogP contribution in [0.5, 0.6) is 11.5 Å². The minimum absolute atomic E-state index is 0.0321. The standard InChI is InChI=1S/C9H4F2N2O4/c10-9(11)16-4-2-1-3-5(6(4)17-9)12-8(15)13-7(3)14/h1-2H,(H2,12,13,14,15). The van der Waals surface area contributed by atoms with Crippen molar-refractivity contribution in [1.82, 2.24) is 9.97 Å². The van der Waals surface area contributed by atoms with E-state index in [2.05, 4.69) is 14.5 Å². The van der Waals surface area contributed by atoms with Gasteiger partial charge in [0.05, 0.1) is 5.39 Å². The van der Waals surface area contributed by atoms with Crippen molar-refractivity contribution in [1.29, 1.82) is 0 Å². The summed E-state index contributed by atoms with van der Waals surface area (Å²) in [5.41, 5.74) is -1.62. The molecule has 1 aromatic heterocycles. The van der Waals surface area contributed by atoms with Crippen LogP contribution in [0.1, 0.15) is 0 Å². The third-order valence-corrected chi connectivity index (χ3v) is 2.28. The van der Waals surface area contributed by atoms with Gasteiger partial charge in [0.15, 0.2) is 11.5 Å². The first-order chi connectivity index (χ1) is 7.96. The molecule has 0 spiro atoms. The van der Waals surface area contributed by atoms with E-state index in [0.29, 0.717) is 0 Å². The molecule has 88 valence electrons. The van der Waals surface area contributed by atoms with Gasteiger partial charge in [0.1, 0.15) is 5.52 Å². The van der Waals surface area contributed by atoms with E-state index in [1.54, 1.807) is 0 Å². The van der Waals surface area contributed by atoms with Gasteiger partial charge in [-0.3, -0.25) is 9.78 Å². The first-order valence-corrected chi connectivity index (χ1v) is 4.51. The summed E-state index contributed by atoms with van der Waals surface area (Å²) >= 11 is 0. The van der Waals surface area contributed by atoms with E-state index in [9.17, 15) is 18.4 Å². The lowest BCUT2D eigenvalue weighted by Crippen LogP contribution is -2.26. The third kappa shape index (κ3) is 1.37. The van der Waals surface area contributed by atoms with Crippen molar-refractivity contribution < 1.29 is 18.3 Å². The Hall–Kier alpha value is -2.38. The second-order valence-electron chi connectivity index (χ2n) is 3.39. The summed E-state index contributed by atoms with van der Waals surface area (Å²) in [5, 5.41) is 0.0321. The van der Waals surface area contributed by atoms with Crippen LogP contribution in [0.25, 0.3) is 10.9 Å². The zero-order valence-corrected chi connectivity index (χ0v) is 8.04. The molecule has 1 aliphatic heterocycles. The van der Waals surface area contributed by atoms with Crippen LogP contribution < -0.4 is 20.7 Å². The quantitative estimate of drug-likeness (QED) is 0.706. The van der Waals surface area contributed by atoms with Gasteiger partial charge in [0.2, 0.25) is 0 Å². The van der Waals surface area contributed by atoms with Crippen LogP contribution in [0.4, 0.5) is 8.78 Å². The minimum Gasteiger partial charge on any atom is -0.395 e. The molecule has 2 N–H and O–H groups in total. The van der Waals surface area contributed by atoms with Crippen LogP contribution in [-0.4, -0.2) is 16.3 Å². The Morgan fingerprint density at radius 1 is 1.12 bits per heavy atom. The fourth-order valence-corrected chi connectivity index (χ4v) is 1.64. The summed E-state index contributed by atoms with van der Waals surface area (Å²) in [7, 11) is 0. The highest BCUT2D eigenvalue weighted by atomic mass is 19.3. The number of hydrogen-bond acceptors (Lipinski definition) is 4. The van der Waals surface area contributed by atoms with E-state index in [4.69, 9.17) is 0 Å². The zero-order valence-electron chi connectivity index (χ0n) is 8.04. The lowest BCUT2D eigenvalue weighted by Gasteiger charge is -2.04. The Balaban J connectivity index is 2.42. The van der Waals surface area contributed by atoms with E-state index in [-0.39, 0.29) is 22.4 Å². The van der Waals surface area contributed by atoms with Crippen LogP contribution >= 0.6 is 0 Å². The molecule has 0 amide bonds. The summed E-state index contributed by atoms with van der Waals surface area (Å²) < 4.78 is 34.1. The van der Waals surface area contributed by atoms with Gasteiger partial charge in [-0.1, -0.05) is 0 Å². The Morgan fingerprint density at radius 2 is 1.88 bits per heavy atom. The molecule has 0 atom stereocenters. The van der Waals surface area contributed by atoms with E-state index < -0.39 is 17.5 Å². The Bertz CT molecular complexity index is 734. The zero-order chi connectivity index (χ0) is 12.2. The van der Waals surface area contributed by atoms with Gasteiger partial charge in [-0.2, -0.15) is 0 Å². The topological polar surface area (TPSA) is 84.2 Å². The van der Waals surface area contributed by atoms with Gasteiger partial charge >= 0.3 is 12.0 Å². The van der Waals surface area contributed by atoms with Gasteiger partial charge in [0.25, 0.3) is 5.56 Å². The molecule has 0 saturated heterocycles. The van der Waals surface area contributed by atoms with E-state index in [1.165, 1.54) is 12.1 Å². The highest BCUT2D eigenvalue weighted by molar-refractivity contribution is 5.86. The molecule has 2 heterocycles. The van der Waals surface area contributed by atoms with Gasteiger partial charge in [0, 0.05) is 0 Å². The number of aromatic amines is 2. The maximum absolute atomic E-state index is 12.8. The molecular formula is C9H4F2N2O4. The lowest BCUT2D eigenvalue weighted by atomic mass is 10.2. The SMILES string of the molecule is O=c1[nH]c(=O)c2ccc3c(c2[nH]1)OC(F)(F)O3. The smallest absolute Gasteiger partial charge is 0.395 e. The first-order valence-electron chi connectivity index (χ1n) is 4.51. The number of nitrogens with one attached hydrogen (secondary N) is 2. The first kappa shape index (κ1) is 9.82. The second-order valence-corrected chi connectivity index (χ2v) is 3.39. The molecule has 2 aromatic rings. The predicted molar refractivity (Wildman–Crippen MR) is 51.4 cm³/mol. The Morgan fingerprint density at radius 3 is 2.65 bits per heavy atom. The highest BCUT2D eigenvalue weighted by Crippen LogP contribution is 2.43. The fourth-order valence-electron chi connectivity index (χ4n) is 1.64. The molecular weight excluding hydrogens is 238 g/mol. The van der Waals surface area contributed by atoms with Crippen molar-refractivity contribution in [2.75, 3.05) is 0 Å². The summed E-state index contributed by atoms with van der Waals surface area (Å²) in [6, 6.07) is 2.43. The van der Waals surface area contributed by atoms with Crippen molar-refractivity contribution >= 4 is 10.9 Å². The Kier molecular flexibility index (Phi) is 1.64. The molecule has 6 nitrogen and oxygen atoms in total. The minimum atomic E-state index is -3.80. The van der Waals surface area contributed by atoms with Gasteiger partial charge in [-0.15, -0.1) is 8.78 Å². The monoisotopic (exact) mass is 242 g/mol. The van der Waals surface area contributed by atoms with Crippen LogP contribution in [0.3, 0.4) is 0 Å². The number of hydrogen-bond donors (Lipinski definition) is 2. The molecule has 0 fully saturated rings. The number of rotatable bonds is 0. The summed E-state index contributed by atoms with van der Waals surface area (Å²) in [4.78, 5) is 26.7. The number of ether oxygens (including phenoxy) is 2. The number of benzene rings is 1. The molecule has 0 unspecified atom stereocenters. The third-order valence-electron chi connectivity index (χ3n) is 2.28. The van der Waals surface area contributed by atoms with E-state index >= 15 is 0 Å². The van der Waals surface area contributed by atoms with Crippen molar-refractivity contribution in [3.8, 4) is 11.5 Å². The van der Waals surface area contributed by atoms with Crippen LogP contribution in [0, 0.1) is 0 Å². The highest BCUT2D eigenvalue weighted by Gasteiger charge is 2.44. The lowest BCUT2D eigenvalue weighted by molar-refractivity contribution is -0.286. The molecule has 1 aliphatic rings. The molecule has 3 rings (SSSR count). The summed E-state index contributed by atoms with van der Waals surface area (Å²) in [5.74, 6) is -0.584.